The van der Waals surface area contributed by atoms with E-state index in [1.54, 1.807) is 0 Å². The van der Waals surface area contributed by atoms with Crippen LogP contribution in [0.2, 0.25) is 0 Å². The van der Waals surface area contributed by atoms with Gasteiger partial charge in [0, 0.05) is 18.2 Å². The van der Waals surface area contributed by atoms with Crippen molar-refractivity contribution in [2.45, 2.75) is 58.5 Å². The number of nitrogens with one attached hydrogen (secondary N) is 2. The van der Waals surface area contributed by atoms with Gasteiger partial charge in [0.15, 0.2) is 0 Å². The van der Waals surface area contributed by atoms with Crippen LogP contribution in [0.1, 0.15) is 51.5 Å². The summed E-state index contributed by atoms with van der Waals surface area (Å²) in [6, 6.07) is 7.12. The molecule has 0 aromatic heterocycles. The number of anilines is 1. The summed E-state index contributed by atoms with van der Waals surface area (Å²) in [4.78, 5) is 24.2. The Morgan fingerprint density at radius 1 is 1.28 bits per heavy atom. The Bertz CT molecular complexity index is 574. The van der Waals surface area contributed by atoms with Gasteiger partial charge in [-0.1, -0.05) is 45.2 Å². The summed E-state index contributed by atoms with van der Waals surface area (Å²) in [5.74, 6) is 0.265. The fraction of sp³-hybridized carbons (Fsp3) is 0.579. The van der Waals surface area contributed by atoms with Gasteiger partial charge >= 0.3 is 0 Å². The molecule has 0 radical (unpaired) electrons. The number of carbonyl (C=O) groups is 2. The van der Waals surface area contributed by atoms with Crippen molar-refractivity contribution in [1.82, 2.24) is 5.32 Å². The molecule has 1 aromatic rings. The SMILES string of the molecule is CCC(C)C(N)C(=O)NCc1cccc(NC(=O)C2CCCC2)c1.Cl. The second-order valence-corrected chi connectivity index (χ2v) is 6.80. The van der Waals surface area contributed by atoms with Crippen molar-refractivity contribution < 1.29 is 9.59 Å². The van der Waals surface area contributed by atoms with E-state index in [2.05, 4.69) is 10.6 Å². The number of amides is 2. The van der Waals surface area contributed by atoms with Gasteiger partial charge in [-0.25, -0.2) is 0 Å². The molecule has 5 nitrogen and oxygen atoms in total. The number of hydrogen-bond acceptors (Lipinski definition) is 3. The van der Waals surface area contributed by atoms with Gasteiger partial charge in [0.05, 0.1) is 6.04 Å². The summed E-state index contributed by atoms with van der Waals surface area (Å²) < 4.78 is 0. The van der Waals surface area contributed by atoms with E-state index in [0.29, 0.717) is 6.54 Å². The lowest BCUT2D eigenvalue weighted by Crippen LogP contribution is -2.44. The first-order valence-electron chi connectivity index (χ1n) is 8.94. The van der Waals surface area contributed by atoms with Crippen molar-refractivity contribution in [2.24, 2.45) is 17.6 Å². The van der Waals surface area contributed by atoms with Gasteiger partial charge in [0.25, 0.3) is 0 Å². The maximum atomic E-state index is 12.2. The molecule has 1 aliphatic carbocycles. The van der Waals surface area contributed by atoms with Gasteiger partial charge in [0.1, 0.15) is 0 Å². The summed E-state index contributed by atoms with van der Waals surface area (Å²) in [7, 11) is 0. The van der Waals surface area contributed by atoms with Crippen molar-refractivity contribution in [3.8, 4) is 0 Å². The third-order valence-electron chi connectivity index (χ3n) is 4.95. The highest BCUT2D eigenvalue weighted by Gasteiger charge is 2.22. The van der Waals surface area contributed by atoms with Crippen molar-refractivity contribution in [3.05, 3.63) is 29.8 Å². The van der Waals surface area contributed by atoms with Crippen LogP contribution in [0.4, 0.5) is 5.69 Å². The number of rotatable bonds is 7. The molecule has 0 saturated heterocycles. The first kappa shape index (κ1) is 21.5. The van der Waals surface area contributed by atoms with Crippen molar-refractivity contribution in [1.29, 1.82) is 0 Å². The van der Waals surface area contributed by atoms with E-state index in [-0.39, 0.29) is 36.1 Å². The zero-order valence-electron chi connectivity index (χ0n) is 15.1. The van der Waals surface area contributed by atoms with Crippen LogP contribution in [0, 0.1) is 11.8 Å². The third-order valence-corrected chi connectivity index (χ3v) is 4.95. The maximum Gasteiger partial charge on any atom is 0.237 e. The predicted octanol–water partition coefficient (Wildman–Crippen LogP) is 3.23. The lowest BCUT2D eigenvalue weighted by atomic mass is 9.99. The van der Waals surface area contributed by atoms with E-state index >= 15 is 0 Å². The highest BCUT2D eigenvalue weighted by Crippen LogP contribution is 2.26. The molecule has 1 aromatic carbocycles. The third kappa shape index (κ3) is 6.33. The van der Waals surface area contributed by atoms with Crippen molar-refractivity contribution in [3.63, 3.8) is 0 Å². The minimum atomic E-state index is -0.486. The van der Waals surface area contributed by atoms with Crippen molar-refractivity contribution >= 4 is 29.9 Å². The van der Waals surface area contributed by atoms with Crippen LogP contribution in [0.5, 0.6) is 0 Å². The normalized spacial score (nSPS) is 16.6. The number of halogens is 1. The first-order chi connectivity index (χ1) is 11.5. The number of hydrogen-bond donors (Lipinski definition) is 3. The number of nitrogens with two attached hydrogens (primary N) is 1. The highest BCUT2D eigenvalue weighted by atomic mass is 35.5. The quantitative estimate of drug-likeness (QED) is 0.691. The molecule has 0 bridgehead atoms. The summed E-state index contributed by atoms with van der Waals surface area (Å²) in [6.45, 7) is 4.41. The molecular formula is C19H30ClN3O2. The number of benzene rings is 1. The molecule has 1 aliphatic rings. The Hall–Kier alpha value is -1.59. The van der Waals surface area contributed by atoms with Gasteiger partial charge in [-0.15, -0.1) is 12.4 Å². The Kier molecular flexibility index (Phi) is 8.93. The molecule has 4 N–H and O–H groups in total. The van der Waals surface area contributed by atoms with E-state index in [0.717, 1.165) is 43.4 Å². The standard InChI is InChI=1S/C19H29N3O2.ClH/c1-3-13(2)17(20)19(24)21-12-14-7-6-10-16(11-14)22-18(23)15-8-4-5-9-15;/h6-7,10-11,13,15,17H,3-5,8-9,12,20H2,1-2H3,(H,21,24)(H,22,23);1H. The zero-order chi connectivity index (χ0) is 17.5. The molecule has 6 heteroatoms. The fourth-order valence-electron chi connectivity index (χ4n) is 3.01. The van der Waals surface area contributed by atoms with E-state index in [4.69, 9.17) is 5.73 Å². The van der Waals surface area contributed by atoms with Crippen LogP contribution in [-0.2, 0) is 16.1 Å². The second-order valence-electron chi connectivity index (χ2n) is 6.80. The van der Waals surface area contributed by atoms with Crippen LogP contribution in [0.3, 0.4) is 0 Å². The van der Waals surface area contributed by atoms with E-state index in [9.17, 15) is 9.59 Å². The van der Waals surface area contributed by atoms with E-state index in [1.807, 2.05) is 38.1 Å². The van der Waals surface area contributed by atoms with Crippen LogP contribution >= 0.6 is 12.4 Å². The molecule has 0 heterocycles. The molecule has 25 heavy (non-hydrogen) atoms. The average molecular weight is 368 g/mol. The number of carbonyl (C=O) groups excluding carboxylic acids is 2. The highest BCUT2D eigenvalue weighted by molar-refractivity contribution is 5.92. The second kappa shape index (κ2) is 10.4. The Labute approximate surface area is 156 Å². The molecular weight excluding hydrogens is 338 g/mol. The smallest absolute Gasteiger partial charge is 0.237 e. The lowest BCUT2D eigenvalue weighted by molar-refractivity contribution is -0.123. The van der Waals surface area contributed by atoms with E-state index in [1.165, 1.54) is 0 Å². The van der Waals surface area contributed by atoms with Gasteiger partial charge in [-0.3, -0.25) is 9.59 Å². The lowest BCUT2D eigenvalue weighted by Gasteiger charge is -2.18. The molecule has 2 amide bonds. The molecule has 0 spiro atoms. The minimum Gasteiger partial charge on any atom is -0.351 e. The van der Waals surface area contributed by atoms with Crippen LogP contribution in [0.25, 0.3) is 0 Å². The first-order valence-corrected chi connectivity index (χ1v) is 8.94. The Balaban J connectivity index is 0.00000312. The Morgan fingerprint density at radius 2 is 1.96 bits per heavy atom. The van der Waals surface area contributed by atoms with E-state index < -0.39 is 6.04 Å². The van der Waals surface area contributed by atoms with Crippen LogP contribution < -0.4 is 16.4 Å². The molecule has 2 atom stereocenters. The van der Waals surface area contributed by atoms with Crippen LogP contribution in [-0.4, -0.2) is 17.9 Å². The van der Waals surface area contributed by atoms with Gasteiger partial charge < -0.3 is 16.4 Å². The molecule has 2 unspecified atom stereocenters. The zero-order valence-corrected chi connectivity index (χ0v) is 15.9. The Morgan fingerprint density at radius 3 is 2.60 bits per heavy atom. The predicted molar refractivity (Wildman–Crippen MR) is 104 cm³/mol. The molecule has 140 valence electrons. The average Bonchev–Trinajstić information content (AvgIpc) is 3.13. The van der Waals surface area contributed by atoms with Crippen molar-refractivity contribution in [2.75, 3.05) is 5.32 Å². The molecule has 2 rings (SSSR count). The topological polar surface area (TPSA) is 84.2 Å². The van der Waals surface area contributed by atoms with Gasteiger partial charge in [-0.05, 0) is 36.5 Å². The summed E-state index contributed by atoms with van der Waals surface area (Å²) in [6.07, 6.45) is 5.11. The van der Waals surface area contributed by atoms with Crippen LogP contribution in [0.15, 0.2) is 24.3 Å². The largest absolute Gasteiger partial charge is 0.351 e. The maximum absolute atomic E-state index is 12.2. The summed E-state index contributed by atoms with van der Waals surface area (Å²) >= 11 is 0. The fourth-order valence-corrected chi connectivity index (χ4v) is 3.01. The minimum absolute atomic E-state index is 0. The molecule has 1 fully saturated rings. The molecule has 1 saturated carbocycles. The monoisotopic (exact) mass is 367 g/mol. The summed E-state index contributed by atoms with van der Waals surface area (Å²) in [5.41, 5.74) is 7.66. The summed E-state index contributed by atoms with van der Waals surface area (Å²) in [5, 5.41) is 5.86. The van der Waals surface area contributed by atoms with Gasteiger partial charge in [-0.2, -0.15) is 0 Å². The molecule has 0 aliphatic heterocycles. The van der Waals surface area contributed by atoms with Gasteiger partial charge in [0.2, 0.25) is 11.8 Å².